The minimum absolute atomic E-state index is 0.352. The summed E-state index contributed by atoms with van der Waals surface area (Å²) in [6.45, 7) is 2.79. The third-order valence-electron chi connectivity index (χ3n) is 2.65. The molecule has 0 saturated carbocycles. The molecule has 0 bridgehead atoms. The van der Waals surface area contributed by atoms with Crippen LogP contribution in [0, 0.1) is 5.82 Å². The van der Waals surface area contributed by atoms with Crippen molar-refractivity contribution in [2.45, 2.75) is 13.3 Å². The van der Waals surface area contributed by atoms with E-state index in [0.29, 0.717) is 31.8 Å². The number of halogens is 4. The van der Waals surface area contributed by atoms with Gasteiger partial charge in [0.15, 0.2) is 5.82 Å². The highest BCUT2D eigenvalue weighted by atomic mass is 79.9. The van der Waals surface area contributed by atoms with Crippen molar-refractivity contribution in [3.05, 3.63) is 44.6 Å². The van der Waals surface area contributed by atoms with Gasteiger partial charge in [0.05, 0.1) is 15.7 Å². The first-order valence-electron chi connectivity index (χ1n) is 6.33. The molecule has 0 spiro atoms. The molecule has 2 aromatic rings. The van der Waals surface area contributed by atoms with Crippen LogP contribution >= 0.6 is 39.1 Å². The second-order valence-corrected chi connectivity index (χ2v) is 5.99. The zero-order valence-corrected chi connectivity index (χ0v) is 14.3. The van der Waals surface area contributed by atoms with Gasteiger partial charge in [0.2, 0.25) is 0 Å². The molecule has 112 valence electrons. The number of aromatic nitrogens is 1. The summed E-state index contributed by atoms with van der Waals surface area (Å²) in [5, 5.41) is 6.91. The van der Waals surface area contributed by atoms with Gasteiger partial charge in [-0.1, -0.05) is 30.1 Å². The number of nitrogens with one attached hydrogen (secondary N) is 2. The van der Waals surface area contributed by atoms with Gasteiger partial charge in [-0.05, 0) is 46.6 Å². The monoisotopic (exact) mass is 391 g/mol. The van der Waals surface area contributed by atoms with Gasteiger partial charge in [0.1, 0.15) is 11.6 Å². The molecule has 0 saturated heterocycles. The van der Waals surface area contributed by atoms with Crippen LogP contribution in [0.1, 0.15) is 13.3 Å². The minimum Gasteiger partial charge on any atom is -0.369 e. The summed E-state index contributed by atoms with van der Waals surface area (Å²) >= 11 is 15.6. The van der Waals surface area contributed by atoms with Gasteiger partial charge < -0.3 is 10.6 Å². The van der Waals surface area contributed by atoms with Crippen LogP contribution in [0.4, 0.5) is 21.7 Å². The summed E-state index contributed by atoms with van der Waals surface area (Å²) in [5.74, 6) is 0.596. The van der Waals surface area contributed by atoms with Gasteiger partial charge >= 0.3 is 0 Å². The molecule has 2 N–H and O–H groups in total. The van der Waals surface area contributed by atoms with Gasteiger partial charge in [-0.2, -0.15) is 0 Å². The lowest BCUT2D eigenvalue weighted by Gasteiger charge is -2.13. The molecule has 3 nitrogen and oxygen atoms in total. The van der Waals surface area contributed by atoms with Crippen LogP contribution in [0.5, 0.6) is 0 Å². The molecular formula is C14H13BrCl2FN3. The summed E-state index contributed by atoms with van der Waals surface area (Å²) < 4.78 is 14.0. The van der Waals surface area contributed by atoms with E-state index in [4.69, 9.17) is 23.2 Å². The van der Waals surface area contributed by atoms with Crippen molar-refractivity contribution in [1.29, 1.82) is 0 Å². The van der Waals surface area contributed by atoms with Crippen LogP contribution in [0.2, 0.25) is 10.0 Å². The van der Waals surface area contributed by atoms with E-state index < -0.39 is 0 Å². The number of anilines is 3. The van der Waals surface area contributed by atoms with E-state index in [1.54, 1.807) is 12.1 Å². The fraction of sp³-hybridized carbons (Fsp3) is 0.214. The Morgan fingerprint density at radius 3 is 2.62 bits per heavy atom. The summed E-state index contributed by atoms with van der Waals surface area (Å²) in [7, 11) is 0. The Morgan fingerprint density at radius 2 is 1.90 bits per heavy atom. The van der Waals surface area contributed by atoms with Crippen LogP contribution < -0.4 is 10.6 Å². The van der Waals surface area contributed by atoms with Crippen LogP contribution in [0.3, 0.4) is 0 Å². The molecule has 0 aliphatic heterocycles. The Morgan fingerprint density at radius 1 is 1.19 bits per heavy atom. The Kier molecular flexibility index (Phi) is 5.67. The minimum atomic E-state index is -0.352. The molecule has 0 atom stereocenters. The number of hydrogen-bond donors (Lipinski definition) is 2. The maximum atomic E-state index is 13.3. The topological polar surface area (TPSA) is 37.0 Å². The number of pyridine rings is 1. The van der Waals surface area contributed by atoms with E-state index in [-0.39, 0.29) is 5.82 Å². The average molecular weight is 393 g/mol. The average Bonchev–Trinajstić information content (AvgIpc) is 2.44. The number of hydrogen-bond acceptors (Lipinski definition) is 3. The number of nitrogens with zero attached hydrogens (tertiary/aromatic N) is 1. The predicted octanol–water partition coefficient (Wildman–Crippen LogP) is 5.86. The second kappa shape index (κ2) is 7.29. The van der Waals surface area contributed by atoms with E-state index in [2.05, 4.69) is 31.5 Å². The van der Waals surface area contributed by atoms with Crippen molar-refractivity contribution in [2.24, 2.45) is 0 Å². The normalized spacial score (nSPS) is 10.5. The standard InChI is InChI=1S/C14H13BrCl2FN3/c1-2-5-19-13-10(16)7-11(17)14(21-13)20-12-6-8(18)3-4-9(12)15/h3-4,6-7H,2,5H2,1H3,(H2,19,20,21). The maximum absolute atomic E-state index is 13.3. The lowest BCUT2D eigenvalue weighted by atomic mass is 10.3. The fourth-order valence-electron chi connectivity index (χ4n) is 1.64. The molecular weight excluding hydrogens is 380 g/mol. The van der Waals surface area contributed by atoms with E-state index in [1.165, 1.54) is 12.1 Å². The lowest BCUT2D eigenvalue weighted by molar-refractivity contribution is 0.628. The first-order valence-corrected chi connectivity index (χ1v) is 7.88. The summed E-state index contributed by atoms with van der Waals surface area (Å²) in [6, 6.07) is 5.93. The molecule has 21 heavy (non-hydrogen) atoms. The largest absolute Gasteiger partial charge is 0.369 e. The van der Waals surface area contributed by atoms with Crippen LogP contribution in [-0.2, 0) is 0 Å². The fourth-order valence-corrected chi connectivity index (χ4v) is 2.46. The second-order valence-electron chi connectivity index (χ2n) is 4.33. The van der Waals surface area contributed by atoms with Crippen LogP contribution in [-0.4, -0.2) is 11.5 Å². The molecule has 1 aromatic carbocycles. The molecule has 2 rings (SSSR count). The van der Waals surface area contributed by atoms with Crippen LogP contribution in [0.15, 0.2) is 28.7 Å². The molecule has 0 unspecified atom stereocenters. The van der Waals surface area contributed by atoms with Crippen molar-refractivity contribution in [3.63, 3.8) is 0 Å². The zero-order valence-electron chi connectivity index (χ0n) is 11.2. The molecule has 0 amide bonds. The third-order valence-corrected chi connectivity index (χ3v) is 3.92. The predicted molar refractivity (Wildman–Crippen MR) is 90.4 cm³/mol. The van der Waals surface area contributed by atoms with Gasteiger partial charge in [0.25, 0.3) is 0 Å². The zero-order chi connectivity index (χ0) is 15.4. The summed E-state index contributed by atoms with van der Waals surface area (Å²) in [6.07, 6.45) is 0.943. The first kappa shape index (κ1) is 16.3. The van der Waals surface area contributed by atoms with Crippen molar-refractivity contribution in [1.82, 2.24) is 4.98 Å². The lowest BCUT2D eigenvalue weighted by Crippen LogP contribution is -2.05. The van der Waals surface area contributed by atoms with E-state index >= 15 is 0 Å². The van der Waals surface area contributed by atoms with Crippen molar-refractivity contribution < 1.29 is 4.39 Å². The van der Waals surface area contributed by atoms with Crippen LogP contribution in [0.25, 0.3) is 0 Å². The Bertz CT molecular complexity index is 652. The van der Waals surface area contributed by atoms with Crippen molar-refractivity contribution >= 4 is 56.5 Å². The van der Waals surface area contributed by atoms with Gasteiger partial charge in [0, 0.05) is 11.0 Å². The highest BCUT2D eigenvalue weighted by Gasteiger charge is 2.11. The molecule has 0 radical (unpaired) electrons. The van der Waals surface area contributed by atoms with E-state index in [1.807, 2.05) is 6.92 Å². The molecule has 1 heterocycles. The number of rotatable bonds is 5. The van der Waals surface area contributed by atoms with E-state index in [9.17, 15) is 4.39 Å². The van der Waals surface area contributed by atoms with E-state index in [0.717, 1.165) is 13.0 Å². The Balaban J connectivity index is 2.32. The highest BCUT2D eigenvalue weighted by molar-refractivity contribution is 9.10. The van der Waals surface area contributed by atoms with Gasteiger partial charge in [-0.15, -0.1) is 0 Å². The first-order chi connectivity index (χ1) is 10.0. The smallest absolute Gasteiger partial charge is 0.151 e. The molecule has 0 aliphatic rings. The molecule has 0 fully saturated rings. The molecule has 7 heteroatoms. The molecule has 0 aliphatic carbocycles. The SMILES string of the molecule is CCCNc1nc(Nc2cc(F)ccc2Br)c(Cl)cc1Cl. The molecule has 1 aromatic heterocycles. The highest BCUT2D eigenvalue weighted by Crippen LogP contribution is 2.33. The third kappa shape index (κ3) is 4.22. The van der Waals surface area contributed by atoms with Gasteiger partial charge in [-0.3, -0.25) is 0 Å². The quantitative estimate of drug-likeness (QED) is 0.669. The van der Waals surface area contributed by atoms with Crippen molar-refractivity contribution in [2.75, 3.05) is 17.2 Å². The van der Waals surface area contributed by atoms with Gasteiger partial charge in [-0.25, -0.2) is 9.37 Å². The Labute approximate surface area is 141 Å². The number of benzene rings is 1. The maximum Gasteiger partial charge on any atom is 0.151 e. The summed E-state index contributed by atoms with van der Waals surface area (Å²) in [4.78, 5) is 4.35. The Hall–Kier alpha value is -1.04. The summed E-state index contributed by atoms with van der Waals surface area (Å²) in [5.41, 5.74) is 0.535. The van der Waals surface area contributed by atoms with Crippen molar-refractivity contribution in [3.8, 4) is 0 Å².